The number of aliphatic carboxylic acids is 1. The van der Waals surface area contributed by atoms with Gasteiger partial charge in [-0.2, -0.15) is 0 Å². The molecule has 3 aromatic rings. The van der Waals surface area contributed by atoms with Crippen molar-refractivity contribution in [3.05, 3.63) is 72.1 Å². The highest BCUT2D eigenvalue weighted by molar-refractivity contribution is 6.19. The lowest BCUT2D eigenvalue weighted by Gasteiger charge is -2.12. The van der Waals surface area contributed by atoms with Crippen LogP contribution in [0.2, 0.25) is 0 Å². The molecule has 0 amide bonds. The zero-order valence-electron chi connectivity index (χ0n) is 15.7. The molecule has 0 atom stereocenters. The van der Waals surface area contributed by atoms with Crippen molar-refractivity contribution in [3.8, 4) is 5.75 Å². The Labute approximate surface area is 163 Å². The first-order valence-electron chi connectivity index (χ1n) is 9.09. The minimum atomic E-state index is -0.802. The lowest BCUT2D eigenvalue weighted by Crippen LogP contribution is -2.07. The lowest BCUT2D eigenvalue weighted by atomic mass is 9.97. The molecular formula is C22H22N2O4. The standard InChI is InChI=1S/C22H22N2O4/c1-27-20-12-11-19(17-8-2-3-9-18(17)20)22(16-7-6-13-23-15-16)24-28-14-5-4-10-21(25)26/h2-3,6-9,11-13,15H,4-5,10,14H2,1H3,(H,25,26)/b24-22-. The highest BCUT2D eigenvalue weighted by Crippen LogP contribution is 2.30. The number of carboxylic acids is 1. The molecule has 0 fully saturated rings. The number of hydrogen-bond acceptors (Lipinski definition) is 5. The molecule has 3 rings (SSSR count). The summed E-state index contributed by atoms with van der Waals surface area (Å²) in [5.74, 6) is -0.0104. The first-order chi connectivity index (χ1) is 13.7. The monoisotopic (exact) mass is 378 g/mol. The predicted octanol–water partition coefficient (Wildman–Crippen LogP) is 4.27. The molecule has 0 radical (unpaired) electrons. The fraction of sp³-hybridized carbons (Fsp3) is 0.227. The zero-order chi connectivity index (χ0) is 19.8. The van der Waals surface area contributed by atoms with Gasteiger partial charge in [-0.05, 0) is 42.5 Å². The van der Waals surface area contributed by atoms with Gasteiger partial charge in [0.15, 0.2) is 0 Å². The van der Waals surface area contributed by atoms with Crippen molar-refractivity contribution in [2.75, 3.05) is 13.7 Å². The molecule has 0 aliphatic heterocycles. The summed E-state index contributed by atoms with van der Waals surface area (Å²) in [6.45, 7) is 0.352. The summed E-state index contributed by atoms with van der Waals surface area (Å²) < 4.78 is 5.48. The van der Waals surface area contributed by atoms with E-state index in [9.17, 15) is 4.79 Å². The van der Waals surface area contributed by atoms with Crippen molar-refractivity contribution in [2.24, 2.45) is 5.16 Å². The van der Waals surface area contributed by atoms with E-state index in [1.807, 2.05) is 48.5 Å². The summed E-state index contributed by atoms with van der Waals surface area (Å²) in [5.41, 5.74) is 2.42. The molecule has 0 saturated carbocycles. The van der Waals surface area contributed by atoms with Gasteiger partial charge in [0.25, 0.3) is 0 Å². The van der Waals surface area contributed by atoms with Crippen LogP contribution in [0.15, 0.2) is 66.1 Å². The molecule has 0 aliphatic carbocycles. The number of ether oxygens (including phenoxy) is 1. The molecule has 6 nitrogen and oxygen atoms in total. The molecule has 28 heavy (non-hydrogen) atoms. The average Bonchev–Trinajstić information content (AvgIpc) is 2.73. The van der Waals surface area contributed by atoms with Gasteiger partial charge in [0.2, 0.25) is 0 Å². The number of carbonyl (C=O) groups is 1. The van der Waals surface area contributed by atoms with E-state index in [1.165, 1.54) is 0 Å². The van der Waals surface area contributed by atoms with Crippen LogP contribution in [0, 0.1) is 0 Å². The summed E-state index contributed by atoms with van der Waals surface area (Å²) in [6, 6.07) is 15.6. The van der Waals surface area contributed by atoms with Crippen molar-refractivity contribution in [1.82, 2.24) is 4.98 Å². The maximum atomic E-state index is 10.6. The van der Waals surface area contributed by atoms with Crippen LogP contribution < -0.4 is 4.74 Å². The largest absolute Gasteiger partial charge is 0.496 e. The number of aromatic nitrogens is 1. The Morgan fingerprint density at radius 3 is 2.61 bits per heavy atom. The Balaban J connectivity index is 1.93. The van der Waals surface area contributed by atoms with Crippen molar-refractivity contribution in [2.45, 2.75) is 19.3 Å². The van der Waals surface area contributed by atoms with Crippen molar-refractivity contribution >= 4 is 22.5 Å². The zero-order valence-corrected chi connectivity index (χ0v) is 15.7. The fourth-order valence-electron chi connectivity index (χ4n) is 2.97. The van der Waals surface area contributed by atoms with E-state index in [1.54, 1.807) is 19.5 Å². The first-order valence-corrected chi connectivity index (χ1v) is 9.09. The van der Waals surface area contributed by atoms with Gasteiger partial charge < -0.3 is 14.7 Å². The number of unbranched alkanes of at least 4 members (excludes halogenated alkanes) is 1. The predicted molar refractivity (Wildman–Crippen MR) is 108 cm³/mol. The van der Waals surface area contributed by atoms with Crippen LogP contribution in [-0.4, -0.2) is 35.5 Å². The molecule has 1 heterocycles. The summed E-state index contributed by atoms with van der Waals surface area (Å²) in [6.07, 6.45) is 4.76. The number of rotatable bonds is 9. The molecule has 1 aromatic heterocycles. The summed E-state index contributed by atoms with van der Waals surface area (Å²) >= 11 is 0. The van der Waals surface area contributed by atoms with Crippen molar-refractivity contribution < 1.29 is 19.5 Å². The smallest absolute Gasteiger partial charge is 0.303 e. The second-order valence-corrected chi connectivity index (χ2v) is 6.23. The van der Waals surface area contributed by atoms with Crippen LogP contribution in [0.4, 0.5) is 0 Å². The molecule has 0 unspecified atom stereocenters. The topological polar surface area (TPSA) is 81.0 Å². The van der Waals surface area contributed by atoms with Gasteiger partial charge in [0, 0.05) is 35.3 Å². The van der Waals surface area contributed by atoms with Gasteiger partial charge in [0.1, 0.15) is 18.1 Å². The summed E-state index contributed by atoms with van der Waals surface area (Å²) in [5, 5.41) is 15.1. The number of pyridine rings is 1. The Hall–Kier alpha value is -3.41. The second kappa shape index (κ2) is 9.50. The first kappa shape index (κ1) is 19.4. The van der Waals surface area contributed by atoms with Crippen LogP contribution >= 0.6 is 0 Å². The SMILES string of the molecule is COc1ccc(/C(=N\OCCCCC(=O)O)c2cccnc2)c2ccccc12. The Morgan fingerprint density at radius 1 is 1.07 bits per heavy atom. The van der Waals surface area contributed by atoms with E-state index < -0.39 is 5.97 Å². The third-order valence-electron chi connectivity index (χ3n) is 4.33. The number of carboxylic acid groups (broad SMARTS) is 1. The highest BCUT2D eigenvalue weighted by atomic mass is 16.6. The third-order valence-corrected chi connectivity index (χ3v) is 4.33. The highest BCUT2D eigenvalue weighted by Gasteiger charge is 2.14. The molecule has 144 valence electrons. The van der Waals surface area contributed by atoms with Gasteiger partial charge in [-0.1, -0.05) is 29.4 Å². The van der Waals surface area contributed by atoms with Gasteiger partial charge in [-0.3, -0.25) is 9.78 Å². The number of oxime groups is 1. The normalized spacial score (nSPS) is 11.4. The number of benzene rings is 2. The van der Waals surface area contributed by atoms with E-state index in [2.05, 4.69) is 10.1 Å². The van der Waals surface area contributed by atoms with Crippen LogP contribution in [0.5, 0.6) is 5.75 Å². The maximum absolute atomic E-state index is 10.6. The molecule has 6 heteroatoms. The van der Waals surface area contributed by atoms with E-state index >= 15 is 0 Å². The van der Waals surface area contributed by atoms with Crippen LogP contribution in [0.3, 0.4) is 0 Å². The van der Waals surface area contributed by atoms with E-state index in [0.717, 1.165) is 27.6 Å². The maximum Gasteiger partial charge on any atom is 0.303 e. The second-order valence-electron chi connectivity index (χ2n) is 6.23. The van der Waals surface area contributed by atoms with Crippen LogP contribution in [0.25, 0.3) is 10.8 Å². The van der Waals surface area contributed by atoms with E-state index in [-0.39, 0.29) is 6.42 Å². The molecule has 0 spiro atoms. The van der Waals surface area contributed by atoms with Crippen LogP contribution in [-0.2, 0) is 9.63 Å². The summed E-state index contributed by atoms with van der Waals surface area (Å²) in [7, 11) is 1.65. The molecule has 1 N–H and O–H groups in total. The van der Waals surface area contributed by atoms with Gasteiger partial charge in [-0.15, -0.1) is 0 Å². The van der Waals surface area contributed by atoms with Crippen LogP contribution in [0.1, 0.15) is 30.4 Å². The Morgan fingerprint density at radius 2 is 1.89 bits per heavy atom. The Kier molecular flexibility index (Phi) is 6.57. The number of fused-ring (bicyclic) bond motifs is 1. The molecular weight excluding hydrogens is 356 g/mol. The van der Waals surface area contributed by atoms with Crippen molar-refractivity contribution in [1.29, 1.82) is 0 Å². The Bertz CT molecular complexity index is 971. The lowest BCUT2D eigenvalue weighted by molar-refractivity contribution is -0.137. The number of nitrogens with zero attached hydrogens (tertiary/aromatic N) is 2. The third kappa shape index (κ3) is 4.65. The quantitative estimate of drug-likeness (QED) is 0.342. The van der Waals surface area contributed by atoms with Gasteiger partial charge in [-0.25, -0.2) is 0 Å². The summed E-state index contributed by atoms with van der Waals surface area (Å²) in [4.78, 5) is 20.3. The molecule has 0 aliphatic rings. The number of hydrogen-bond donors (Lipinski definition) is 1. The molecule has 0 saturated heterocycles. The van der Waals surface area contributed by atoms with Crippen molar-refractivity contribution in [3.63, 3.8) is 0 Å². The average molecular weight is 378 g/mol. The minimum Gasteiger partial charge on any atom is -0.496 e. The molecule has 0 bridgehead atoms. The van der Waals surface area contributed by atoms with E-state index in [0.29, 0.717) is 25.2 Å². The van der Waals surface area contributed by atoms with Gasteiger partial charge in [0.05, 0.1) is 7.11 Å². The van der Waals surface area contributed by atoms with Gasteiger partial charge >= 0.3 is 5.97 Å². The minimum absolute atomic E-state index is 0.131. The fourth-order valence-corrected chi connectivity index (χ4v) is 2.97. The molecule has 2 aromatic carbocycles. The van der Waals surface area contributed by atoms with E-state index in [4.69, 9.17) is 14.7 Å². The number of methoxy groups -OCH3 is 1.